The SMILES string of the molecule is C[C@@H]1C[C@@]2(O)[C@H]3Cc4ccc(O)c5c4[C@@]2(CCN3CC2CC2)[C@@H](O5)[C@@H]1N(C)C(=O)C#Cc1ccc(C(F)(F)F)cc1. The number of aromatic hydroxyl groups is 1. The molecule has 1 amide bonds. The highest BCUT2D eigenvalue weighted by atomic mass is 19.4. The fourth-order valence-electron chi connectivity index (χ4n) is 8.41. The van der Waals surface area contributed by atoms with Gasteiger partial charge in [-0.05, 0) is 86.4 Å². The molecule has 5 aliphatic rings. The van der Waals surface area contributed by atoms with Gasteiger partial charge < -0.3 is 19.8 Å². The Bertz CT molecular complexity index is 1480. The first-order chi connectivity index (χ1) is 19.4. The summed E-state index contributed by atoms with van der Waals surface area (Å²) >= 11 is 0. The van der Waals surface area contributed by atoms with E-state index in [0.717, 1.165) is 36.3 Å². The van der Waals surface area contributed by atoms with E-state index in [1.165, 1.54) is 25.0 Å². The van der Waals surface area contributed by atoms with Crippen LogP contribution in [0.25, 0.3) is 0 Å². The van der Waals surface area contributed by atoms with Crippen molar-refractivity contribution in [1.82, 2.24) is 9.80 Å². The smallest absolute Gasteiger partial charge is 0.416 e. The number of alkyl halides is 3. The second-order valence-corrected chi connectivity index (χ2v) is 12.7. The number of carbonyl (C=O) groups is 1. The fourth-order valence-corrected chi connectivity index (χ4v) is 8.41. The van der Waals surface area contributed by atoms with Crippen LogP contribution in [0.3, 0.4) is 0 Å². The molecule has 3 fully saturated rings. The topological polar surface area (TPSA) is 73.2 Å². The van der Waals surface area contributed by atoms with Gasteiger partial charge in [0, 0.05) is 36.7 Å². The summed E-state index contributed by atoms with van der Waals surface area (Å²) in [5.74, 6) is 5.82. The van der Waals surface area contributed by atoms with Crippen molar-refractivity contribution in [3.05, 3.63) is 58.7 Å². The molecule has 2 aromatic carbocycles. The maximum atomic E-state index is 13.4. The molecule has 0 aromatic heterocycles. The summed E-state index contributed by atoms with van der Waals surface area (Å²) in [6, 6.07) is 7.51. The van der Waals surface area contributed by atoms with E-state index >= 15 is 0 Å². The molecule has 0 radical (unpaired) electrons. The lowest BCUT2D eigenvalue weighted by Gasteiger charge is -2.66. The Morgan fingerprint density at radius 2 is 1.93 bits per heavy atom. The van der Waals surface area contributed by atoms with Crippen molar-refractivity contribution in [3.8, 4) is 23.3 Å². The lowest BCUT2D eigenvalue weighted by molar-refractivity contribution is -0.212. The number of phenols is 1. The first-order valence-corrected chi connectivity index (χ1v) is 14.4. The van der Waals surface area contributed by atoms with Gasteiger partial charge in [0.05, 0.1) is 22.6 Å². The van der Waals surface area contributed by atoms with Crippen LogP contribution in [0, 0.1) is 23.7 Å². The van der Waals surface area contributed by atoms with E-state index in [2.05, 4.69) is 16.7 Å². The summed E-state index contributed by atoms with van der Waals surface area (Å²) in [6.07, 6.45) is -0.747. The van der Waals surface area contributed by atoms with Crippen molar-refractivity contribution in [3.63, 3.8) is 0 Å². The number of phenolic OH excluding ortho intramolecular Hbond substituents is 1. The Kier molecular flexibility index (Phi) is 5.78. The third-order valence-electron chi connectivity index (χ3n) is 10.4. The summed E-state index contributed by atoms with van der Waals surface area (Å²) in [4.78, 5) is 17.4. The van der Waals surface area contributed by atoms with Crippen molar-refractivity contribution in [2.45, 2.75) is 74.4 Å². The number of nitrogens with zero attached hydrogens (tertiary/aromatic N) is 2. The molecule has 1 spiro atoms. The van der Waals surface area contributed by atoms with E-state index in [1.807, 2.05) is 13.0 Å². The summed E-state index contributed by atoms with van der Waals surface area (Å²) in [5, 5.41) is 23.6. The molecule has 2 heterocycles. The summed E-state index contributed by atoms with van der Waals surface area (Å²) in [5.41, 5.74) is -0.347. The number of amides is 1. The van der Waals surface area contributed by atoms with Gasteiger partial charge in [0.2, 0.25) is 0 Å². The number of ether oxygens (including phenoxy) is 1. The number of likely N-dealkylation sites (N-methyl/N-ethyl adjacent to an activating group) is 1. The molecular formula is C32H33F3N2O4. The molecule has 2 N–H and O–H groups in total. The van der Waals surface area contributed by atoms with Crippen molar-refractivity contribution < 1.29 is 32.9 Å². The zero-order valence-electron chi connectivity index (χ0n) is 23.0. The van der Waals surface area contributed by atoms with Crippen LogP contribution in [0.5, 0.6) is 11.5 Å². The van der Waals surface area contributed by atoms with Gasteiger partial charge in [-0.15, -0.1) is 0 Å². The van der Waals surface area contributed by atoms with E-state index in [9.17, 15) is 28.2 Å². The lowest BCUT2D eigenvalue weighted by Crippen LogP contribution is -2.79. The highest BCUT2D eigenvalue weighted by Crippen LogP contribution is 2.66. The number of hydrogen-bond donors (Lipinski definition) is 2. The predicted octanol–water partition coefficient (Wildman–Crippen LogP) is 4.10. The van der Waals surface area contributed by atoms with Gasteiger partial charge in [0.25, 0.3) is 5.91 Å². The first-order valence-electron chi connectivity index (χ1n) is 14.4. The minimum Gasteiger partial charge on any atom is -0.504 e. The molecule has 2 aromatic rings. The minimum absolute atomic E-state index is 0.0382. The van der Waals surface area contributed by atoms with Gasteiger partial charge in [-0.25, -0.2) is 0 Å². The predicted molar refractivity (Wildman–Crippen MR) is 144 cm³/mol. The lowest BCUT2D eigenvalue weighted by atomic mass is 9.46. The van der Waals surface area contributed by atoms with Crippen LogP contribution in [0.2, 0.25) is 0 Å². The number of rotatable bonds is 3. The largest absolute Gasteiger partial charge is 0.504 e. The Labute approximate surface area is 237 Å². The van der Waals surface area contributed by atoms with Crippen LogP contribution in [-0.2, 0) is 22.8 Å². The molecule has 216 valence electrons. The molecule has 2 bridgehead atoms. The molecule has 3 aliphatic carbocycles. The summed E-state index contributed by atoms with van der Waals surface area (Å²) in [7, 11) is 1.67. The number of piperidine rings is 1. The second kappa shape index (κ2) is 8.89. The third kappa shape index (κ3) is 3.83. The van der Waals surface area contributed by atoms with E-state index in [1.54, 1.807) is 18.0 Å². The van der Waals surface area contributed by atoms with Gasteiger partial charge in [0.1, 0.15) is 6.10 Å². The molecule has 0 unspecified atom stereocenters. The molecule has 6 atom stereocenters. The Morgan fingerprint density at radius 3 is 2.61 bits per heavy atom. The van der Waals surface area contributed by atoms with Gasteiger partial charge >= 0.3 is 6.18 Å². The Hall–Kier alpha value is -3.22. The van der Waals surface area contributed by atoms with Crippen molar-refractivity contribution >= 4 is 5.91 Å². The number of carbonyl (C=O) groups excluding carboxylic acids is 1. The van der Waals surface area contributed by atoms with E-state index in [4.69, 9.17) is 4.74 Å². The maximum absolute atomic E-state index is 13.4. The standard InChI is InChI=1S/C32H33F3N2O4/c1-18-16-31(40)24-15-21-8-11-23(38)28-26(21)30(31,13-14-37(24)17-20-3-4-20)29(41-28)27(18)36(2)25(39)12-7-19-5-9-22(10-6-19)32(33,34)35/h5-6,8-11,18,20,24,27,29,38,40H,3-4,13-17H2,1-2H3/t18-,24-,27-,29+,30+,31-/m1/s1. The third-order valence-corrected chi connectivity index (χ3v) is 10.4. The molecule has 9 heteroatoms. The molecule has 41 heavy (non-hydrogen) atoms. The average Bonchev–Trinajstić information content (AvgIpc) is 3.67. The molecule has 2 saturated carbocycles. The van der Waals surface area contributed by atoms with Gasteiger partial charge in [-0.3, -0.25) is 9.69 Å². The highest BCUT2D eigenvalue weighted by molar-refractivity contribution is 5.94. The number of aliphatic hydroxyl groups is 1. The number of hydrogen-bond acceptors (Lipinski definition) is 5. The molecule has 2 aliphatic heterocycles. The quantitative estimate of drug-likeness (QED) is 0.548. The number of likely N-dealkylation sites (tertiary alicyclic amines) is 1. The van der Waals surface area contributed by atoms with E-state index in [-0.39, 0.29) is 17.7 Å². The Morgan fingerprint density at radius 1 is 1.20 bits per heavy atom. The van der Waals surface area contributed by atoms with Gasteiger partial charge in [-0.2, -0.15) is 13.2 Å². The number of halogens is 3. The van der Waals surface area contributed by atoms with E-state index in [0.29, 0.717) is 36.5 Å². The molecular weight excluding hydrogens is 533 g/mol. The van der Waals surface area contributed by atoms with Crippen LogP contribution in [0.15, 0.2) is 36.4 Å². The highest BCUT2D eigenvalue weighted by Gasteiger charge is 2.74. The Balaban J connectivity index is 1.23. The molecule has 7 rings (SSSR count). The summed E-state index contributed by atoms with van der Waals surface area (Å²) in [6.45, 7) is 3.81. The van der Waals surface area contributed by atoms with Gasteiger partial charge in [-0.1, -0.05) is 18.9 Å². The van der Waals surface area contributed by atoms with Crippen molar-refractivity contribution in [2.75, 3.05) is 20.1 Å². The molecule has 1 saturated heterocycles. The van der Waals surface area contributed by atoms with Crippen LogP contribution < -0.4 is 4.74 Å². The van der Waals surface area contributed by atoms with Crippen molar-refractivity contribution in [2.24, 2.45) is 11.8 Å². The zero-order valence-corrected chi connectivity index (χ0v) is 23.0. The minimum atomic E-state index is -4.44. The summed E-state index contributed by atoms with van der Waals surface area (Å²) < 4.78 is 45.3. The normalized spacial score (nSPS) is 33.3. The molecule has 6 nitrogen and oxygen atoms in total. The van der Waals surface area contributed by atoms with Crippen LogP contribution >= 0.6 is 0 Å². The van der Waals surface area contributed by atoms with Crippen LogP contribution in [0.4, 0.5) is 13.2 Å². The fraction of sp³-hybridized carbons (Fsp3) is 0.531. The second-order valence-electron chi connectivity index (χ2n) is 12.7. The van der Waals surface area contributed by atoms with Crippen LogP contribution in [0.1, 0.15) is 54.9 Å². The zero-order chi connectivity index (χ0) is 28.9. The van der Waals surface area contributed by atoms with Crippen LogP contribution in [-0.4, -0.2) is 69.8 Å². The van der Waals surface area contributed by atoms with Crippen molar-refractivity contribution in [1.29, 1.82) is 0 Å². The first kappa shape index (κ1) is 26.7. The monoisotopic (exact) mass is 566 g/mol. The van der Waals surface area contributed by atoms with E-state index < -0.39 is 40.8 Å². The average molecular weight is 567 g/mol. The van der Waals surface area contributed by atoms with Gasteiger partial charge in [0.15, 0.2) is 11.5 Å². The number of benzene rings is 2. The maximum Gasteiger partial charge on any atom is 0.416 e.